The van der Waals surface area contributed by atoms with Gasteiger partial charge in [-0.2, -0.15) is 0 Å². The van der Waals surface area contributed by atoms with E-state index in [0.717, 1.165) is 24.0 Å². The van der Waals surface area contributed by atoms with Crippen LogP contribution >= 0.6 is 0 Å². The number of rotatable bonds is 8. The molecule has 182 valence electrons. The summed E-state index contributed by atoms with van der Waals surface area (Å²) < 4.78 is 22.2. The fourth-order valence-corrected chi connectivity index (χ4v) is 3.78. The van der Waals surface area contributed by atoms with Gasteiger partial charge >= 0.3 is 12.3 Å². The van der Waals surface area contributed by atoms with Crippen molar-refractivity contribution in [2.45, 2.75) is 54.4 Å². The first-order chi connectivity index (χ1) is 16.2. The van der Waals surface area contributed by atoms with E-state index in [0.29, 0.717) is 44.9 Å². The molecule has 0 saturated carbocycles. The van der Waals surface area contributed by atoms with Crippen LogP contribution in [0.2, 0.25) is 0 Å². The van der Waals surface area contributed by atoms with Gasteiger partial charge in [-0.15, -0.1) is 0 Å². The monoisotopic (exact) mass is 466 g/mol. The molecule has 6 nitrogen and oxygen atoms in total. The lowest BCUT2D eigenvalue weighted by Crippen LogP contribution is -2.15. The maximum Gasteiger partial charge on any atom is 0.513 e. The van der Waals surface area contributed by atoms with Gasteiger partial charge in [0.05, 0.1) is 13.2 Å². The molecule has 0 aliphatic heterocycles. The zero-order chi connectivity index (χ0) is 24.8. The van der Waals surface area contributed by atoms with Crippen molar-refractivity contribution in [3.63, 3.8) is 0 Å². The molecule has 3 rings (SSSR count). The van der Waals surface area contributed by atoms with Gasteiger partial charge in [0.15, 0.2) is 11.5 Å². The highest BCUT2D eigenvalue weighted by Gasteiger charge is 2.23. The van der Waals surface area contributed by atoms with E-state index in [2.05, 4.69) is 27.7 Å². The largest absolute Gasteiger partial charge is 0.513 e. The first-order valence-electron chi connectivity index (χ1n) is 11.8. The Morgan fingerprint density at radius 3 is 1.41 bits per heavy atom. The molecule has 0 amide bonds. The van der Waals surface area contributed by atoms with Crippen LogP contribution < -0.4 is 9.47 Å². The number of hydrogen-bond acceptors (Lipinski definition) is 6. The van der Waals surface area contributed by atoms with Crippen LogP contribution in [0.1, 0.15) is 51.7 Å². The minimum Gasteiger partial charge on any atom is -0.434 e. The zero-order valence-corrected chi connectivity index (χ0v) is 20.9. The summed E-state index contributed by atoms with van der Waals surface area (Å²) in [5, 5.41) is 2.69. The summed E-state index contributed by atoms with van der Waals surface area (Å²) in [6.07, 6.45) is -0.00883. The number of fused-ring (bicyclic) bond motifs is 2. The van der Waals surface area contributed by atoms with Gasteiger partial charge in [-0.05, 0) is 49.7 Å². The third-order valence-corrected chi connectivity index (χ3v) is 5.69. The lowest BCUT2D eigenvalue weighted by molar-refractivity contribution is 0.0940. The topological polar surface area (TPSA) is 71.1 Å². The van der Waals surface area contributed by atoms with Gasteiger partial charge in [0.1, 0.15) is 0 Å². The number of hydrogen-bond donors (Lipinski definition) is 0. The van der Waals surface area contributed by atoms with Crippen molar-refractivity contribution in [3.8, 4) is 11.5 Å². The molecule has 0 unspecified atom stereocenters. The fraction of sp³-hybridized carbons (Fsp3) is 0.429. The molecule has 6 heteroatoms. The molecule has 0 aromatic heterocycles. The van der Waals surface area contributed by atoms with Crippen molar-refractivity contribution in [3.05, 3.63) is 47.5 Å². The highest BCUT2D eigenvalue weighted by Crippen LogP contribution is 2.45. The van der Waals surface area contributed by atoms with E-state index in [9.17, 15) is 9.59 Å². The molecule has 3 aromatic rings. The van der Waals surface area contributed by atoms with E-state index in [1.54, 1.807) is 0 Å². The van der Waals surface area contributed by atoms with Gasteiger partial charge in [0.25, 0.3) is 0 Å². The number of aryl methyl sites for hydroxylation is 2. The number of ether oxygens (including phenoxy) is 4. The quantitative estimate of drug-likeness (QED) is 0.192. The van der Waals surface area contributed by atoms with Gasteiger partial charge in [-0.25, -0.2) is 9.59 Å². The fourth-order valence-electron chi connectivity index (χ4n) is 3.78. The Labute approximate surface area is 201 Å². The smallest absolute Gasteiger partial charge is 0.434 e. The number of benzene rings is 3. The van der Waals surface area contributed by atoms with Crippen molar-refractivity contribution in [2.75, 3.05) is 13.2 Å². The van der Waals surface area contributed by atoms with Crippen LogP contribution in [-0.4, -0.2) is 25.5 Å². The van der Waals surface area contributed by atoms with Crippen molar-refractivity contribution >= 4 is 33.9 Å². The molecular weight excluding hydrogens is 432 g/mol. The normalized spacial score (nSPS) is 11.3. The second-order valence-electron chi connectivity index (χ2n) is 9.42. The molecule has 3 aromatic carbocycles. The summed E-state index contributed by atoms with van der Waals surface area (Å²) in [6, 6.07) is 11.3. The van der Waals surface area contributed by atoms with E-state index < -0.39 is 12.3 Å². The second kappa shape index (κ2) is 11.2. The predicted octanol–water partition coefficient (Wildman–Crippen LogP) is 7.73. The Balaban J connectivity index is 2.08. The summed E-state index contributed by atoms with van der Waals surface area (Å²) in [4.78, 5) is 25.1. The molecule has 0 fully saturated rings. The molecule has 34 heavy (non-hydrogen) atoms. The lowest BCUT2D eigenvalue weighted by Gasteiger charge is -2.18. The van der Waals surface area contributed by atoms with Gasteiger partial charge in [0, 0.05) is 21.5 Å². The van der Waals surface area contributed by atoms with Gasteiger partial charge in [0.2, 0.25) is 0 Å². The zero-order valence-electron chi connectivity index (χ0n) is 20.9. The Morgan fingerprint density at radius 2 is 1.06 bits per heavy atom. The third kappa shape index (κ3) is 5.99. The summed E-state index contributed by atoms with van der Waals surface area (Å²) in [5.41, 5.74) is 1.76. The minimum atomic E-state index is -0.755. The van der Waals surface area contributed by atoms with Crippen LogP contribution in [0.4, 0.5) is 9.59 Å². The van der Waals surface area contributed by atoms with Crippen LogP contribution in [0, 0.1) is 25.7 Å². The first kappa shape index (κ1) is 25.3. The van der Waals surface area contributed by atoms with E-state index in [-0.39, 0.29) is 13.2 Å². The summed E-state index contributed by atoms with van der Waals surface area (Å²) in [6.45, 7) is 12.7. The third-order valence-electron chi connectivity index (χ3n) is 5.69. The molecule has 0 heterocycles. The van der Waals surface area contributed by atoms with Crippen LogP contribution in [0.5, 0.6) is 11.5 Å². The predicted molar refractivity (Wildman–Crippen MR) is 134 cm³/mol. The average molecular weight is 467 g/mol. The minimum absolute atomic E-state index is 0.286. The van der Waals surface area contributed by atoms with Crippen molar-refractivity contribution in [1.29, 1.82) is 0 Å². The van der Waals surface area contributed by atoms with Gasteiger partial charge in [-0.3, -0.25) is 0 Å². The Bertz CT molecular complexity index is 1090. The first-order valence-corrected chi connectivity index (χ1v) is 11.8. The summed E-state index contributed by atoms with van der Waals surface area (Å²) >= 11 is 0. The van der Waals surface area contributed by atoms with E-state index in [1.807, 2.05) is 50.2 Å². The van der Waals surface area contributed by atoms with Crippen LogP contribution in [-0.2, 0) is 9.47 Å². The molecular formula is C28H34O6. The molecule has 0 aliphatic rings. The lowest BCUT2D eigenvalue weighted by atomic mass is 9.95. The maximum absolute atomic E-state index is 12.6. The highest BCUT2D eigenvalue weighted by molar-refractivity contribution is 6.14. The maximum atomic E-state index is 12.6. The van der Waals surface area contributed by atoms with Crippen LogP contribution in [0.3, 0.4) is 0 Å². The molecule has 0 spiro atoms. The van der Waals surface area contributed by atoms with Crippen molar-refractivity contribution < 1.29 is 28.5 Å². The van der Waals surface area contributed by atoms with E-state index >= 15 is 0 Å². The Hall–Kier alpha value is -3.28. The molecule has 0 bridgehead atoms. The molecule has 0 atom stereocenters. The van der Waals surface area contributed by atoms with Crippen LogP contribution in [0.25, 0.3) is 21.5 Å². The van der Waals surface area contributed by atoms with E-state index in [4.69, 9.17) is 18.9 Å². The number of carbonyl (C=O) groups is 2. The van der Waals surface area contributed by atoms with Gasteiger partial charge in [-0.1, -0.05) is 64.1 Å². The highest BCUT2D eigenvalue weighted by atomic mass is 16.7. The molecule has 0 saturated heterocycles. The summed E-state index contributed by atoms with van der Waals surface area (Å²) in [5.74, 6) is 1.61. The SMILES string of the molecule is Cc1cccc2c(OC(=O)OCCC(C)C)c3c(C)cccc3c(OC(=O)OCCC(C)C)c12. The van der Waals surface area contributed by atoms with Crippen LogP contribution in [0.15, 0.2) is 36.4 Å². The Morgan fingerprint density at radius 1 is 0.676 bits per heavy atom. The number of carbonyl (C=O) groups excluding carboxylic acids is 2. The van der Waals surface area contributed by atoms with E-state index in [1.165, 1.54) is 0 Å². The second-order valence-corrected chi connectivity index (χ2v) is 9.42. The molecule has 0 N–H and O–H groups in total. The summed E-state index contributed by atoms with van der Waals surface area (Å²) in [7, 11) is 0. The standard InChI is InChI=1S/C28H34O6/c1-17(2)13-15-31-27(29)33-25-21-11-7-10-20(6)24(21)26(22-12-8-9-19(5)23(22)25)34-28(30)32-16-14-18(3)4/h7-12,17-18H,13-16H2,1-6H3. The molecule has 0 radical (unpaired) electrons. The van der Waals surface area contributed by atoms with Gasteiger partial charge < -0.3 is 18.9 Å². The Kier molecular flexibility index (Phi) is 8.37. The average Bonchev–Trinajstić information content (AvgIpc) is 2.75. The molecule has 0 aliphatic carbocycles. The van der Waals surface area contributed by atoms with Crippen molar-refractivity contribution in [2.24, 2.45) is 11.8 Å². The van der Waals surface area contributed by atoms with Crippen molar-refractivity contribution in [1.82, 2.24) is 0 Å².